The van der Waals surface area contributed by atoms with Gasteiger partial charge in [-0.05, 0) is 37.1 Å². The molecule has 0 N–H and O–H groups in total. The van der Waals surface area contributed by atoms with Crippen molar-refractivity contribution in [2.75, 3.05) is 19.8 Å². The molecule has 2 aromatic rings. The normalized spacial score (nSPS) is 17.3. The van der Waals surface area contributed by atoms with Crippen LogP contribution in [0.4, 0.5) is 5.69 Å². The summed E-state index contributed by atoms with van der Waals surface area (Å²) in [6.07, 6.45) is 5.90. The summed E-state index contributed by atoms with van der Waals surface area (Å²) in [4.78, 5) is 16.2. The topological polar surface area (TPSA) is 82.1 Å². The van der Waals surface area contributed by atoms with E-state index in [2.05, 4.69) is 18.7 Å². The summed E-state index contributed by atoms with van der Waals surface area (Å²) in [5, 5.41) is 9.58. The van der Waals surface area contributed by atoms with Crippen molar-refractivity contribution in [1.29, 1.82) is 5.26 Å². The Bertz CT molecular complexity index is 1060. The second-order valence-corrected chi connectivity index (χ2v) is 8.58. The fourth-order valence-electron chi connectivity index (χ4n) is 3.84. The van der Waals surface area contributed by atoms with Crippen molar-refractivity contribution in [3.05, 3.63) is 64.5 Å². The van der Waals surface area contributed by atoms with E-state index in [4.69, 9.17) is 25.5 Å². The number of carbonyl (C=O) groups is 1. The molecule has 0 spiro atoms. The zero-order valence-corrected chi connectivity index (χ0v) is 20.4. The summed E-state index contributed by atoms with van der Waals surface area (Å²) in [7, 11) is 0. The van der Waals surface area contributed by atoms with Crippen LogP contribution in [0.15, 0.2) is 36.4 Å². The van der Waals surface area contributed by atoms with Gasteiger partial charge in [-0.1, -0.05) is 51.7 Å². The van der Waals surface area contributed by atoms with Gasteiger partial charge >= 0.3 is 5.97 Å². The van der Waals surface area contributed by atoms with Gasteiger partial charge in [0.2, 0.25) is 5.69 Å². The number of rotatable bonds is 11. The van der Waals surface area contributed by atoms with Crippen molar-refractivity contribution >= 4 is 11.7 Å². The summed E-state index contributed by atoms with van der Waals surface area (Å²) in [5.41, 5.74) is 1.18. The molecule has 0 bridgehead atoms. The van der Waals surface area contributed by atoms with Crippen LogP contribution < -0.4 is 9.47 Å². The van der Waals surface area contributed by atoms with Gasteiger partial charge in [-0.25, -0.2) is 9.64 Å². The van der Waals surface area contributed by atoms with Gasteiger partial charge in [-0.3, -0.25) is 0 Å². The van der Waals surface area contributed by atoms with E-state index in [0.717, 1.165) is 37.7 Å². The lowest BCUT2D eigenvalue weighted by molar-refractivity contribution is -0.206. The molecule has 1 heterocycles. The maximum Gasteiger partial charge on any atom is 0.342 e. The van der Waals surface area contributed by atoms with Crippen molar-refractivity contribution < 1.29 is 23.7 Å². The molecule has 1 saturated heterocycles. The van der Waals surface area contributed by atoms with Crippen molar-refractivity contribution in [3.63, 3.8) is 0 Å². The Kier molecular flexibility index (Phi) is 10.1. The van der Waals surface area contributed by atoms with Gasteiger partial charge in [0.15, 0.2) is 6.29 Å². The summed E-state index contributed by atoms with van der Waals surface area (Å²) in [6, 6.07) is 11.9. The third-order valence-electron chi connectivity index (χ3n) is 5.89. The van der Waals surface area contributed by atoms with Crippen LogP contribution in [0.1, 0.15) is 80.1 Å². The molecule has 7 nitrogen and oxygen atoms in total. The summed E-state index contributed by atoms with van der Waals surface area (Å²) < 4.78 is 22.9. The Morgan fingerprint density at radius 2 is 1.74 bits per heavy atom. The lowest BCUT2D eigenvalue weighted by Crippen LogP contribution is -2.27. The molecule has 2 aromatic carbocycles. The van der Waals surface area contributed by atoms with Crippen LogP contribution in [0.3, 0.4) is 0 Å². The molecule has 1 aliphatic heterocycles. The highest BCUT2D eigenvalue weighted by Gasteiger charge is 2.24. The summed E-state index contributed by atoms with van der Waals surface area (Å²) in [5.74, 6) is 0.155. The Labute approximate surface area is 207 Å². The highest BCUT2D eigenvalue weighted by molar-refractivity contribution is 5.92. The van der Waals surface area contributed by atoms with Gasteiger partial charge < -0.3 is 18.9 Å². The van der Waals surface area contributed by atoms with Gasteiger partial charge in [-0.2, -0.15) is 5.26 Å². The van der Waals surface area contributed by atoms with E-state index in [9.17, 15) is 10.1 Å². The minimum Gasteiger partial charge on any atom is -0.494 e. The number of carbonyl (C=O) groups excluding carboxylic acids is 1. The van der Waals surface area contributed by atoms with E-state index in [-0.39, 0.29) is 17.0 Å². The summed E-state index contributed by atoms with van der Waals surface area (Å²) in [6.45, 7) is 13.6. The number of nitrogens with zero attached hydrogens (tertiary/aromatic N) is 2. The van der Waals surface area contributed by atoms with Crippen LogP contribution in [0, 0.1) is 23.8 Å². The average Bonchev–Trinajstić information content (AvgIpc) is 2.90. The Morgan fingerprint density at radius 3 is 2.37 bits per heavy atom. The standard InChI is InChI=1S/C28H32N2O5/c1-4-6-8-16-32-24-14-15-25(26(30-3)23(24)17-29)35-27(31)21-10-12-22(13-11-21)28-33-18-20(19-34-28)9-7-5-2/h10-15,20,28H,4-9,16,18-19H2,1-2H3. The number of esters is 1. The molecule has 35 heavy (non-hydrogen) atoms. The molecule has 0 saturated carbocycles. The molecule has 0 unspecified atom stereocenters. The molecule has 0 aromatic heterocycles. The molecular weight excluding hydrogens is 444 g/mol. The molecule has 0 amide bonds. The highest BCUT2D eigenvalue weighted by Crippen LogP contribution is 2.38. The fraction of sp³-hybridized carbons (Fsp3) is 0.464. The molecular formula is C28H32N2O5. The van der Waals surface area contributed by atoms with Gasteiger partial charge in [0.25, 0.3) is 0 Å². The minimum absolute atomic E-state index is 0.0311. The first kappa shape index (κ1) is 26.2. The Hall–Kier alpha value is -3.39. The van der Waals surface area contributed by atoms with Crippen molar-refractivity contribution in [3.8, 4) is 17.6 Å². The van der Waals surface area contributed by atoms with Gasteiger partial charge in [0, 0.05) is 11.5 Å². The van der Waals surface area contributed by atoms with Crippen LogP contribution in [-0.4, -0.2) is 25.8 Å². The quantitative estimate of drug-likeness (QED) is 0.154. The van der Waals surface area contributed by atoms with E-state index in [1.165, 1.54) is 12.5 Å². The first-order chi connectivity index (χ1) is 17.1. The van der Waals surface area contributed by atoms with Crippen molar-refractivity contribution in [2.24, 2.45) is 5.92 Å². The van der Waals surface area contributed by atoms with E-state index in [1.807, 2.05) is 6.07 Å². The minimum atomic E-state index is -0.618. The molecule has 1 fully saturated rings. The van der Waals surface area contributed by atoms with Gasteiger partial charge in [0.1, 0.15) is 17.1 Å². The lowest BCUT2D eigenvalue weighted by atomic mass is 10.0. The molecule has 7 heteroatoms. The molecule has 184 valence electrons. The number of hydrogen-bond acceptors (Lipinski definition) is 6. The van der Waals surface area contributed by atoms with Gasteiger partial charge in [0.05, 0.1) is 38.0 Å². The highest BCUT2D eigenvalue weighted by atomic mass is 16.7. The Balaban J connectivity index is 1.64. The lowest BCUT2D eigenvalue weighted by Gasteiger charge is -2.29. The van der Waals surface area contributed by atoms with E-state index in [0.29, 0.717) is 37.1 Å². The zero-order valence-electron chi connectivity index (χ0n) is 20.4. The predicted octanol–water partition coefficient (Wildman–Crippen LogP) is 6.75. The maximum absolute atomic E-state index is 12.7. The third-order valence-corrected chi connectivity index (χ3v) is 5.89. The molecule has 0 aliphatic carbocycles. The molecule has 0 atom stereocenters. The summed E-state index contributed by atoms with van der Waals surface area (Å²) >= 11 is 0. The van der Waals surface area contributed by atoms with Crippen LogP contribution in [0.25, 0.3) is 4.85 Å². The zero-order chi connectivity index (χ0) is 25.0. The Morgan fingerprint density at radius 1 is 1.06 bits per heavy atom. The van der Waals surface area contributed by atoms with Gasteiger partial charge in [-0.15, -0.1) is 0 Å². The van der Waals surface area contributed by atoms with Crippen LogP contribution in [0.2, 0.25) is 0 Å². The average molecular weight is 477 g/mol. The maximum atomic E-state index is 12.7. The predicted molar refractivity (Wildman–Crippen MR) is 131 cm³/mol. The number of unbranched alkanes of at least 4 members (excludes halogenated alkanes) is 3. The van der Waals surface area contributed by atoms with Crippen molar-refractivity contribution in [2.45, 2.75) is 58.7 Å². The van der Waals surface area contributed by atoms with E-state index >= 15 is 0 Å². The number of ether oxygens (including phenoxy) is 4. The first-order valence-corrected chi connectivity index (χ1v) is 12.2. The second-order valence-electron chi connectivity index (χ2n) is 8.58. The SMILES string of the molecule is [C-]#[N+]c1c(OC(=O)c2ccc(C3OCC(CCCC)CO3)cc2)ccc(OCCCCC)c1C#N. The smallest absolute Gasteiger partial charge is 0.342 e. The van der Waals surface area contributed by atoms with Crippen LogP contribution in [0.5, 0.6) is 11.5 Å². The number of benzene rings is 2. The first-order valence-electron chi connectivity index (χ1n) is 12.2. The van der Waals surface area contributed by atoms with E-state index < -0.39 is 12.3 Å². The van der Waals surface area contributed by atoms with E-state index in [1.54, 1.807) is 30.3 Å². The fourth-order valence-corrected chi connectivity index (χ4v) is 3.84. The molecule has 0 radical (unpaired) electrons. The van der Waals surface area contributed by atoms with Crippen LogP contribution >= 0.6 is 0 Å². The third kappa shape index (κ3) is 7.05. The second kappa shape index (κ2) is 13.5. The molecule has 3 rings (SSSR count). The number of hydrogen-bond donors (Lipinski definition) is 0. The largest absolute Gasteiger partial charge is 0.494 e. The molecule has 1 aliphatic rings. The van der Waals surface area contributed by atoms with Crippen LogP contribution in [-0.2, 0) is 9.47 Å². The monoisotopic (exact) mass is 476 g/mol. The van der Waals surface area contributed by atoms with Crippen molar-refractivity contribution in [1.82, 2.24) is 0 Å². The number of nitriles is 1.